The number of carbonyl (C=O) groups is 1. The highest BCUT2D eigenvalue weighted by atomic mass is 35.5. The molecule has 0 fully saturated rings. The zero-order chi connectivity index (χ0) is 11.4. The Labute approximate surface area is 95.6 Å². The molecule has 1 aliphatic rings. The van der Waals surface area contributed by atoms with Crippen LogP contribution in [0.3, 0.4) is 0 Å². The minimum atomic E-state index is -0.879. The van der Waals surface area contributed by atoms with Gasteiger partial charge in [0.1, 0.15) is 0 Å². The van der Waals surface area contributed by atoms with Crippen LogP contribution in [0.4, 0.5) is 0 Å². The third-order valence-electron chi connectivity index (χ3n) is 2.16. The van der Waals surface area contributed by atoms with Crippen molar-refractivity contribution < 1.29 is 9.90 Å². The standard InChI is InChI=1S/C10H11BClNO2/c1-6(14)8-4-7(12)2-3-9(8)13-10(15)5-11/h2,4,6,9,14H,1,3,5H2/p+1. The van der Waals surface area contributed by atoms with Crippen LogP contribution in [0.15, 0.2) is 22.8 Å². The quantitative estimate of drug-likeness (QED) is 0.548. The van der Waals surface area contributed by atoms with E-state index in [4.69, 9.17) is 19.4 Å². The Morgan fingerprint density at radius 1 is 1.87 bits per heavy atom. The maximum atomic E-state index is 11.1. The van der Waals surface area contributed by atoms with Gasteiger partial charge in [0.05, 0.1) is 20.8 Å². The Kier molecular flexibility index (Phi) is 4.30. The van der Waals surface area contributed by atoms with Crippen molar-refractivity contribution in [3.8, 4) is 0 Å². The SMILES string of the molecule is [B]CC(=O)NC1CC=C(Cl)C=C1C([CH2+])O. The van der Waals surface area contributed by atoms with Crippen LogP contribution < -0.4 is 5.32 Å². The monoisotopic (exact) mass is 224 g/mol. The molecule has 1 amide bonds. The van der Waals surface area contributed by atoms with Crippen molar-refractivity contribution in [2.75, 3.05) is 0 Å². The Bertz CT molecular complexity index is 313. The molecular weight excluding hydrogens is 212 g/mol. The zero-order valence-corrected chi connectivity index (χ0v) is 9.00. The van der Waals surface area contributed by atoms with E-state index in [1.54, 1.807) is 12.2 Å². The highest BCUT2D eigenvalue weighted by Crippen LogP contribution is 2.22. The molecule has 1 aliphatic carbocycles. The molecule has 2 radical (unpaired) electrons. The maximum Gasteiger partial charge on any atom is 0.216 e. The van der Waals surface area contributed by atoms with E-state index in [9.17, 15) is 9.90 Å². The van der Waals surface area contributed by atoms with Gasteiger partial charge in [0.25, 0.3) is 0 Å². The van der Waals surface area contributed by atoms with E-state index >= 15 is 0 Å². The Hall–Kier alpha value is -0.865. The first kappa shape index (κ1) is 12.2. The van der Waals surface area contributed by atoms with Gasteiger partial charge in [-0.15, -0.1) is 0 Å². The summed E-state index contributed by atoms with van der Waals surface area (Å²) in [5, 5.41) is 12.6. The number of halogens is 1. The van der Waals surface area contributed by atoms with Crippen molar-refractivity contribution in [3.05, 3.63) is 29.7 Å². The summed E-state index contributed by atoms with van der Waals surface area (Å²) in [7, 11) is 5.19. The molecule has 15 heavy (non-hydrogen) atoms. The molecule has 0 aromatic rings. The number of aliphatic hydroxyl groups excluding tert-OH is 1. The van der Waals surface area contributed by atoms with Crippen molar-refractivity contribution in [1.82, 2.24) is 5.32 Å². The Morgan fingerprint density at radius 3 is 3.07 bits per heavy atom. The molecule has 0 spiro atoms. The molecule has 0 heterocycles. The number of rotatable bonds is 3. The number of nitrogens with one attached hydrogen (secondary N) is 1. The maximum absolute atomic E-state index is 11.1. The molecule has 2 N–H and O–H groups in total. The summed E-state index contributed by atoms with van der Waals surface area (Å²) >= 11 is 5.80. The molecule has 2 atom stereocenters. The van der Waals surface area contributed by atoms with Crippen LogP contribution in [0.1, 0.15) is 6.42 Å². The molecule has 0 saturated heterocycles. The predicted octanol–water partition coefficient (Wildman–Crippen LogP) is 0.706. The van der Waals surface area contributed by atoms with Crippen molar-refractivity contribution in [3.63, 3.8) is 0 Å². The predicted molar refractivity (Wildman–Crippen MR) is 60.5 cm³/mol. The Morgan fingerprint density at radius 2 is 2.53 bits per heavy atom. The second kappa shape index (κ2) is 5.28. The molecule has 0 bridgehead atoms. The Balaban J connectivity index is 2.74. The van der Waals surface area contributed by atoms with Gasteiger partial charge in [-0.25, -0.2) is 0 Å². The molecule has 0 saturated carbocycles. The third-order valence-corrected chi connectivity index (χ3v) is 2.42. The second-order valence-electron chi connectivity index (χ2n) is 3.31. The minimum Gasteiger partial charge on any atom is -0.350 e. The molecule has 3 nitrogen and oxygen atoms in total. The summed E-state index contributed by atoms with van der Waals surface area (Å²) in [6.45, 7) is 3.50. The van der Waals surface area contributed by atoms with Crippen molar-refractivity contribution >= 4 is 25.4 Å². The fourth-order valence-corrected chi connectivity index (χ4v) is 1.62. The van der Waals surface area contributed by atoms with E-state index in [-0.39, 0.29) is 18.3 Å². The lowest BCUT2D eigenvalue weighted by Gasteiger charge is -2.23. The summed E-state index contributed by atoms with van der Waals surface area (Å²) < 4.78 is 0. The summed E-state index contributed by atoms with van der Waals surface area (Å²) in [6, 6.07) is -0.268. The number of aliphatic hydroxyl groups is 1. The molecule has 0 aromatic carbocycles. The summed E-state index contributed by atoms with van der Waals surface area (Å²) in [5.74, 6) is -0.266. The van der Waals surface area contributed by atoms with Crippen LogP contribution in [0.25, 0.3) is 0 Å². The number of allylic oxidation sites excluding steroid dienone is 2. The van der Waals surface area contributed by atoms with Gasteiger partial charge in [-0.2, -0.15) is 0 Å². The van der Waals surface area contributed by atoms with Crippen LogP contribution in [0.2, 0.25) is 6.32 Å². The third kappa shape index (κ3) is 3.32. The highest BCUT2D eigenvalue weighted by Gasteiger charge is 2.25. The van der Waals surface area contributed by atoms with Crippen LogP contribution in [0, 0.1) is 6.92 Å². The van der Waals surface area contributed by atoms with Gasteiger partial charge in [0.2, 0.25) is 12.0 Å². The van der Waals surface area contributed by atoms with E-state index < -0.39 is 6.10 Å². The number of hydrogen-bond acceptors (Lipinski definition) is 2. The van der Waals surface area contributed by atoms with E-state index in [1.807, 2.05) is 0 Å². The first-order valence-corrected chi connectivity index (χ1v) is 5.00. The van der Waals surface area contributed by atoms with Gasteiger partial charge in [-0.3, -0.25) is 4.79 Å². The first-order chi connectivity index (χ1) is 7.04. The summed E-state index contributed by atoms with van der Waals surface area (Å²) in [5.41, 5.74) is 0.601. The molecule has 0 aromatic heterocycles. The highest BCUT2D eigenvalue weighted by molar-refractivity contribution is 6.31. The topological polar surface area (TPSA) is 49.3 Å². The van der Waals surface area contributed by atoms with Crippen molar-refractivity contribution in [2.45, 2.75) is 24.9 Å². The normalized spacial score (nSPS) is 22.7. The number of hydrogen-bond donors (Lipinski definition) is 2. The van der Waals surface area contributed by atoms with E-state index in [0.29, 0.717) is 17.0 Å². The van der Waals surface area contributed by atoms with Crippen LogP contribution in [-0.4, -0.2) is 31.0 Å². The average molecular weight is 224 g/mol. The molecule has 5 heteroatoms. The van der Waals surface area contributed by atoms with E-state index in [0.717, 1.165) is 0 Å². The van der Waals surface area contributed by atoms with Gasteiger partial charge in [0.15, 0.2) is 0 Å². The zero-order valence-electron chi connectivity index (χ0n) is 8.24. The van der Waals surface area contributed by atoms with Gasteiger partial charge >= 0.3 is 0 Å². The second-order valence-corrected chi connectivity index (χ2v) is 3.75. The van der Waals surface area contributed by atoms with Crippen LogP contribution >= 0.6 is 11.6 Å². The number of carbonyl (C=O) groups excluding carboxylic acids is 1. The molecule has 0 aliphatic heterocycles. The van der Waals surface area contributed by atoms with Gasteiger partial charge in [0, 0.05) is 10.6 Å². The molecular formula is C10H12BClNO2+. The van der Waals surface area contributed by atoms with Crippen molar-refractivity contribution in [1.29, 1.82) is 0 Å². The number of amides is 1. The molecule has 2 unspecified atom stereocenters. The van der Waals surface area contributed by atoms with Gasteiger partial charge in [-0.05, 0) is 18.8 Å². The van der Waals surface area contributed by atoms with E-state index in [2.05, 4.69) is 12.2 Å². The van der Waals surface area contributed by atoms with E-state index in [1.165, 1.54) is 0 Å². The lowest BCUT2D eigenvalue weighted by atomic mass is 9.94. The molecule has 1 rings (SSSR count). The molecule has 78 valence electrons. The van der Waals surface area contributed by atoms with Crippen molar-refractivity contribution in [2.24, 2.45) is 0 Å². The lowest BCUT2D eigenvalue weighted by molar-refractivity contribution is -0.119. The summed E-state index contributed by atoms with van der Waals surface area (Å²) in [6.07, 6.45) is 2.98. The fraction of sp³-hybridized carbons (Fsp3) is 0.400. The smallest absolute Gasteiger partial charge is 0.216 e. The largest absolute Gasteiger partial charge is 0.350 e. The first-order valence-electron chi connectivity index (χ1n) is 4.62. The average Bonchev–Trinajstić information content (AvgIpc) is 2.20. The minimum absolute atomic E-state index is 0.0749. The van der Waals surface area contributed by atoms with Crippen LogP contribution in [-0.2, 0) is 4.79 Å². The lowest BCUT2D eigenvalue weighted by Crippen LogP contribution is -2.39. The summed E-state index contributed by atoms with van der Waals surface area (Å²) in [4.78, 5) is 11.1. The van der Waals surface area contributed by atoms with Gasteiger partial charge in [-0.1, -0.05) is 17.7 Å². The van der Waals surface area contributed by atoms with Crippen LogP contribution in [0.5, 0.6) is 0 Å². The fourth-order valence-electron chi connectivity index (χ4n) is 1.41. The van der Waals surface area contributed by atoms with Gasteiger partial charge < -0.3 is 10.4 Å².